The Morgan fingerprint density at radius 1 is 0.903 bits per heavy atom. The molecule has 4 aromatic rings. The molecule has 0 aliphatic heterocycles. The Bertz CT molecular complexity index is 1110. The summed E-state index contributed by atoms with van der Waals surface area (Å²) >= 11 is 0. The van der Waals surface area contributed by atoms with Gasteiger partial charge in [0.1, 0.15) is 5.82 Å². The summed E-state index contributed by atoms with van der Waals surface area (Å²) < 4.78 is 2.08. The highest BCUT2D eigenvalue weighted by Gasteiger charge is 2.18. The van der Waals surface area contributed by atoms with Crippen molar-refractivity contribution in [2.75, 3.05) is 0 Å². The molecule has 0 saturated heterocycles. The summed E-state index contributed by atoms with van der Waals surface area (Å²) in [6.07, 6.45) is 2.09. The highest BCUT2D eigenvalue weighted by molar-refractivity contribution is 5.80. The van der Waals surface area contributed by atoms with Crippen LogP contribution in [0.15, 0.2) is 48.5 Å². The highest BCUT2D eigenvalue weighted by atomic mass is 15.5. The second kappa shape index (κ2) is 9.20. The molecule has 0 fully saturated rings. The topological polar surface area (TPSA) is 85.2 Å². The minimum absolute atomic E-state index is 0.369. The van der Waals surface area contributed by atoms with E-state index < -0.39 is 0 Å². The first-order valence-corrected chi connectivity index (χ1v) is 11.0. The molecule has 0 amide bonds. The van der Waals surface area contributed by atoms with Gasteiger partial charge in [0.25, 0.3) is 0 Å². The molecule has 2 aromatic carbocycles. The standard InChI is InChI=1S/C24H29N7/c1-5-16(3)22-25-24(17(4)6-2)31(28-22)15-18-11-13-19(14-12-18)20-9-7-8-10-21(20)23-26-29-30-27-23/h7-14,16-17H,5-6,15H2,1-4H3,(H,26,27,29,30). The van der Waals surface area contributed by atoms with Crippen LogP contribution in [0.5, 0.6) is 0 Å². The minimum atomic E-state index is 0.369. The predicted molar refractivity (Wildman–Crippen MR) is 122 cm³/mol. The van der Waals surface area contributed by atoms with Gasteiger partial charge in [0.05, 0.1) is 6.54 Å². The normalized spacial score (nSPS) is 13.3. The average Bonchev–Trinajstić information content (AvgIpc) is 3.49. The van der Waals surface area contributed by atoms with Gasteiger partial charge in [0.2, 0.25) is 5.82 Å². The molecule has 2 aromatic heterocycles. The molecule has 1 N–H and O–H groups in total. The summed E-state index contributed by atoms with van der Waals surface area (Å²) in [7, 11) is 0. The Balaban J connectivity index is 1.62. The van der Waals surface area contributed by atoms with Crippen molar-refractivity contribution < 1.29 is 0 Å². The van der Waals surface area contributed by atoms with Gasteiger partial charge in [-0.2, -0.15) is 10.3 Å². The van der Waals surface area contributed by atoms with Crippen LogP contribution < -0.4 is 0 Å². The van der Waals surface area contributed by atoms with E-state index >= 15 is 0 Å². The smallest absolute Gasteiger partial charge is 0.205 e. The fraction of sp³-hybridized carbons (Fsp3) is 0.375. The van der Waals surface area contributed by atoms with Gasteiger partial charge >= 0.3 is 0 Å². The predicted octanol–water partition coefficient (Wildman–Crippen LogP) is 5.20. The van der Waals surface area contributed by atoms with Gasteiger partial charge in [-0.15, -0.1) is 10.2 Å². The quantitative estimate of drug-likeness (QED) is 0.427. The lowest BCUT2D eigenvalue weighted by Gasteiger charge is -2.11. The second-order valence-corrected chi connectivity index (χ2v) is 8.08. The van der Waals surface area contributed by atoms with Gasteiger partial charge in [0.15, 0.2) is 5.82 Å². The first-order chi connectivity index (χ1) is 15.1. The lowest BCUT2D eigenvalue weighted by Crippen LogP contribution is -2.09. The van der Waals surface area contributed by atoms with Crippen LogP contribution >= 0.6 is 0 Å². The van der Waals surface area contributed by atoms with Crippen molar-refractivity contribution >= 4 is 0 Å². The van der Waals surface area contributed by atoms with Crippen molar-refractivity contribution in [1.29, 1.82) is 0 Å². The molecule has 0 spiro atoms. The van der Waals surface area contributed by atoms with E-state index in [-0.39, 0.29) is 0 Å². The maximum absolute atomic E-state index is 4.88. The molecule has 0 aliphatic rings. The molecule has 4 rings (SSSR count). The maximum Gasteiger partial charge on any atom is 0.205 e. The number of rotatable bonds is 8. The monoisotopic (exact) mass is 415 g/mol. The van der Waals surface area contributed by atoms with Crippen LogP contribution in [0.25, 0.3) is 22.5 Å². The van der Waals surface area contributed by atoms with Crippen LogP contribution in [0.2, 0.25) is 0 Å². The summed E-state index contributed by atoms with van der Waals surface area (Å²) in [5.74, 6) is 3.37. The van der Waals surface area contributed by atoms with Crippen LogP contribution in [-0.2, 0) is 6.54 Å². The SMILES string of the molecule is CCC(C)c1nc(C(C)CC)n(Cc2ccc(-c3ccccc3-c3nn[nH]n3)cc2)n1. The number of nitrogens with zero attached hydrogens (tertiary/aromatic N) is 6. The van der Waals surface area contributed by atoms with E-state index in [9.17, 15) is 0 Å². The molecule has 2 unspecified atom stereocenters. The fourth-order valence-corrected chi connectivity index (χ4v) is 3.60. The summed E-state index contributed by atoms with van der Waals surface area (Å²) in [5, 5.41) is 19.4. The van der Waals surface area contributed by atoms with Crippen molar-refractivity contribution in [2.45, 2.75) is 58.9 Å². The third kappa shape index (κ3) is 4.40. The lowest BCUT2D eigenvalue weighted by atomic mass is 9.98. The van der Waals surface area contributed by atoms with Gasteiger partial charge in [-0.1, -0.05) is 76.2 Å². The molecule has 31 heavy (non-hydrogen) atoms. The van der Waals surface area contributed by atoms with E-state index in [1.807, 2.05) is 18.2 Å². The van der Waals surface area contributed by atoms with E-state index in [2.05, 4.69) is 83.3 Å². The number of aromatic nitrogens is 7. The first-order valence-electron chi connectivity index (χ1n) is 11.0. The Hall–Kier alpha value is -3.35. The van der Waals surface area contributed by atoms with Gasteiger partial charge in [-0.25, -0.2) is 9.67 Å². The zero-order chi connectivity index (χ0) is 21.8. The van der Waals surface area contributed by atoms with Crippen LogP contribution in [0.1, 0.15) is 69.6 Å². The molecule has 7 heteroatoms. The Morgan fingerprint density at radius 3 is 2.26 bits per heavy atom. The van der Waals surface area contributed by atoms with Crippen LogP contribution in [0.3, 0.4) is 0 Å². The first kappa shape index (κ1) is 20.9. The summed E-state index contributed by atoms with van der Waals surface area (Å²) in [4.78, 5) is 4.88. The molecule has 0 saturated carbocycles. The lowest BCUT2D eigenvalue weighted by molar-refractivity contribution is 0.571. The van der Waals surface area contributed by atoms with Crippen LogP contribution in [0, 0.1) is 0 Å². The number of hydrogen-bond acceptors (Lipinski definition) is 5. The highest BCUT2D eigenvalue weighted by Crippen LogP contribution is 2.30. The van der Waals surface area contributed by atoms with Crippen LogP contribution in [0.4, 0.5) is 0 Å². The number of H-pyrrole nitrogens is 1. The van der Waals surface area contributed by atoms with Crippen molar-refractivity contribution in [3.05, 3.63) is 65.7 Å². The summed E-state index contributed by atoms with van der Waals surface area (Å²) in [6, 6.07) is 16.7. The van der Waals surface area contributed by atoms with Gasteiger partial charge in [0, 0.05) is 17.4 Å². The molecule has 160 valence electrons. The maximum atomic E-state index is 4.88. The molecule has 7 nitrogen and oxygen atoms in total. The molecule has 2 atom stereocenters. The molecular weight excluding hydrogens is 386 g/mol. The number of benzene rings is 2. The summed E-state index contributed by atoms with van der Waals surface area (Å²) in [6.45, 7) is 9.51. The summed E-state index contributed by atoms with van der Waals surface area (Å²) in [5.41, 5.74) is 4.35. The molecule has 0 bridgehead atoms. The number of aromatic amines is 1. The van der Waals surface area contributed by atoms with Crippen molar-refractivity contribution in [3.63, 3.8) is 0 Å². The third-order valence-electron chi connectivity index (χ3n) is 5.93. The van der Waals surface area contributed by atoms with Crippen molar-refractivity contribution in [2.24, 2.45) is 0 Å². The number of nitrogens with one attached hydrogen (secondary N) is 1. The zero-order valence-electron chi connectivity index (χ0n) is 18.6. The van der Waals surface area contributed by atoms with Gasteiger partial charge in [-0.05, 0) is 34.7 Å². The van der Waals surface area contributed by atoms with E-state index in [4.69, 9.17) is 10.1 Å². The third-order valence-corrected chi connectivity index (χ3v) is 5.93. The fourth-order valence-electron chi connectivity index (χ4n) is 3.60. The molecule has 2 heterocycles. The Labute approximate surface area is 182 Å². The van der Waals surface area contributed by atoms with Crippen molar-refractivity contribution in [1.82, 2.24) is 35.4 Å². The largest absolute Gasteiger partial charge is 0.245 e. The number of hydrogen-bond donors (Lipinski definition) is 1. The molecule has 0 aliphatic carbocycles. The van der Waals surface area contributed by atoms with E-state index in [0.29, 0.717) is 17.7 Å². The average molecular weight is 416 g/mol. The molecular formula is C24H29N7. The molecule has 0 radical (unpaired) electrons. The minimum Gasteiger partial charge on any atom is -0.245 e. The zero-order valence-corrected chi connectivity index (χ0v) is 18.6. The van der Waals surface area contributed by atoms with E-state index in [0.717, 1.165) is 47.7 Å². The van der Waals surface area contributed by atoms with Crippen LogP contribution in [-0.4, -0.2) is 35.4 Å². The van der Waals surface area contributed by atoms with Gasteiger partial charge in [-0.3, -0.25) is 0 Å². The number of tetrazole rings is 1. The Morgan fingerprint density at radius 2 is 1.61 bits per heavy atom. The van der Waals surface area contributed by atoms with Crippen molar-refractivity contribution in [3.8, 4) is 22.5 Å². The Kier molecular flexibility index (Phi) is 6.21. The second-order valence-electron chi connectivity index (χ2n) is 8.08. The van der Waals surface area contributed by atoms with E-state index in [1.165, 1.54) is 5.56 Å². The van der Waals surface area contributed by atoms with Gasteiger partial charge < -0.3 is 0 Å². The van der Waals surface area contributed by atoms with E-state index in [1.54, 1.807) is 0 Å².